The van der Waals surface area contributed by atoms with E-state index in [1.807, 2.05) is 7.05 Å². The summed E-state index contributed by atoms with van der Waals surface area (Å²) in [7, 11) is 1.81. The van der Waals surface area contributed by atoms with E-state index >= 15 is 0 Å². The van der Waals surface area contributed by atoms with Gasteiger partial charge in [0, 0.05) is 38.4 Å². The SMILES string of the molecule is Cn1nnnc1SCCC(=O)N1CCC[C@H](N2CCCC2)C1. The summed E-state index contributed by atoms with van der Waals surface area (Å²) >= 11 is 1.54. The molecule has 0 spiro atoms. The number of carbonyl (C=O) groups is 1. The summed E-state index contributed by atoms with van der Waals surface area (Å²) in [5.74, 6) is 1.00. The van der Waals surface area contributed by atoms with Gasteiger partial charge in [-0.15, -0.1) is 5.10 Å². The third kappa shape index (κ3) is 3.78. The summed E-state index contributed by atoms with van der Waals surface area (Å²) < 4.78 is 1.64. The van der Waals surface area contributed by atoms with Crippen LogP contribution in [0, 0.1) is 0 Å². The lowest BCUT2D eigenvalue weighted by Gasteiger charge is -2.37. The molecular formula is C14H24N6OS. The number of hydrogen-bond acceptors (Lipinski definition) is 6. The molecule has 7 nitrogen and oxygen atoms in total. The van der Waals surface area contributed by atoms with E-state index in [4.69, 9.17) is 0 Å². The van der Waals surface area contributed by atoms with Crippen molar-refractivity contribution in [1.82, 2.24) is 30.0 Å². The van der Waals surface area contributed by atoms with Crippen molar-refractivity contribution in [1.29, 1.82) is 0 Å². The van der Waals surface area contributed by atoms with Crippen molar-refractivity contribution in [3.05, 3.63) is 0 Å². The highest BCUT2D eigenvalue weighted by molar-refractivity contribution is 7.99. The van der Waals surface area contributed by atoms with Crippen LogP contribution < -0.4 is 0 Å². The molecule has 1 amide bonds. The van der Waals surface area contributed by atoms with Crippen molar-refractivity contribution in [3.8, 4) is 0 Å². The van der Waals surface area contributed by atoms with Gasteiger partial charge in [0.05, 0.1) is 0 Å². The van der Waals surface area contributed by atoms with Gasteiger partial charge in [-0.3, -0.25) is 9.69 Å². The van der Waals surface area contributed by atoms with Crippen LogP contribution in [0.1, 0.15) is 32.1 Å². The quantitative estimate of drug-likeness (QED) is 0.746. The van der Waals surface area contributed by atoms with Crippen LogP contribution in [0.2, 0.25) is 0 Å². The fraction of sp³-hybridized carbons (Fsp3) is 0.857. The summed E-state index contributed by atoms with van der Waals surface area (Å²) in [6.45, 7) is 4.25. The van der Waals surface area contributed by atoms with E-state index in [0.717, 1.165) is 30.4 Å². The molecule has 1 aromatic heterocycles. The molecule has 1 aromatic rings. The van der Waals surface area contributed by atoms with Crippen molar-refractivity contribution in [3.63, 3.8) is 0 Å². The molecule has 2 aliphatic rings. The van der Waals surface area contributed by atoms with Crippen LogP contribution in [0.25, 0.3) is 0 Å². The summed E-state index contributed by atoms with van der Waals surface area (Å²) in [6, 6.07) is 0.579. The molecule has 0 unspecified atom stereocenters. The summed E-state index contributed by atoms with van der Waals surface area (Å²) in [4.78, 5) is 17.0. The van der Waals surface area contributed by atoms with E-state index in [0.29, 0.717) is 12.5 Å². The fourth-order valence-corrected chi connectivity index (χ4v) is 4.09. The maximum absolute atomic E-state index is 12.4. The number of nitrogens with zero attached hydrogens (tertiary/aromatic N) is 6. The minimum absolute atomic E-state index is 0.270. The van der Waals surface area contributed by atoms with Crippen LogP contribution in [0.5, 0.6) is 0 Å². The highest BCUT2D eigenvalue weighted by Gasteiger charge is 2.28. The number of tetrazole rings is 1. The highest BCUT2D eigenvalue weighted by atomic mass is 32.2. The molecule has 0 aliphatic carbocycles. The number of thioether (sulfide) groups is 1. The van der Waals surface area contributed by atoms with E-state index in [2.05, 4.69) is 25.3 Å². The Labute approximate surface area is 135 Å². The standard InChI is InChI=1S/C14H24N6OS/c1-18-14(15-16-17-18)22-10-6-13(21)20-9-4-5-12(11-20)19-7-2-3-8-19/h12H,2-11H2,1H3/t12-/m0/s1. The molecule has 0 saturated carbocycles. The highest BCUT2D eigenvalue weighted by Crippen LogP contribution is 2.21. The average Bonchev–Trinajstić information content (AvgIpc) is 3.20. The lowest BCUT2D eigenvalue weighted by Crippen LogP contribution is -2.49. The predicted molar refractivity (Wildman–Crippen MR) is 84.5 cm³/mol. The second-order valence-corrected chi connectivity index (χ2v) is 7.12. The van der Waals surface area contributed by atoms with Crippen LogP contribution >= 0.6 is 11.8 Å². The van der Waals surface area contributed by atoms with Crippen LogP contribution in [-0.4, -0.2) is 73.9 Å². The Morgan fingerprint density at radius 3 is 2.82 bits per heavy atom. The first-order valence-electron chi connectivity index (χ1n) is 8.11. The van der Waals surface area contributed by atoms with Crippen LogP contribution in [0.3, 0.4) is 0 Å². The zero-order valence-electron chi connectivity index (χ0n) is 13.1. The van der Waals surface area contributed by atoms with Crippen molar-refractivity contribution in [2.45, 2.75) is 43.3 Å². The molecule has 22 heavy (non-hydrogen) atoms. The van der Waals surface area contributed by atoms with Crippen molar-refractivity contribution >= 4 is 17.7 Å². The number of rotatable bonds is 5. The van der Waals surface area contributed by atoms with Crippen LogP contribution in [0.15, 0.2) is 5.16 Å². The maximum atomic E-state index is 12.4. The monoisotopic (exact) mass is 324 g/mol. The van der Waals surface area contributed by atoms with Gasteiger partial charge < -0.3 is 4.90 Å². The Bertz CT molecular complexity index is 501. The average molecular weight is 324 g/mol. The summed E-state index contributed by atoms with van der Waals surface area (Å²) in [5, 5.41) is 12.1. The van der Waals surface area contributed by atoms with Gasteiger partial charge in [0.2, 0.25) is 11.1 Å². The first-order valence-corrected chi connectivity index (χ1v) is 9.09. The molecule has 0 radical (unpaired) electrons. The van der Waals surface area contributed by atoms with Gasteiger partial charge >= 0.3 is 0 Å². The van der Waals surface area contributed by atoms with Gasteiger partial charge in [0.25, 0.3) is 0 Å². The first kappa shape index (κ1) is 15.7. The van der Waals surface area contributed by atoms with E-state index in [1.165, 1.54) is 32.4 Å². The molecule has 0 N–H and O–H groups in total. The molecule has 0 aromatic carbocycles. The van der Waals surface area contributed by atoms with Crippen LogP contribution in [-0.2, 0) is 11.8 Å². The number of aryl methyl sites for hydroxylation is 1. The normalized spacial score (nSPS) is 23.1. The lowest BCUT2D eigenvalue weighted by atomic mass is 10.0. The lowest BCUT2D eigenvalue weighted by molar-refractivity contribution is -0.132. The molecular weight excluding hydrogens is 300 g/mol. The summed E-state index contributed by atoms with van der Waals surface area (Å²) in [5.41, 5.74) is 0. The molecule has 3 rings (SSSR count). The van der Waals surface area contributed by atoms with Gasteiger partial charge in [-0.1, -0.05) is 11.8 Å². The molecule has 2 fully saturated rings. The zero-order chi connectivity index (χ0) is 15.4. The largest absolute Gasteiger partial charge is 0.341 e. The number of hydrogen-bond donors (Lipinski definition) is 0. The fourth-order valence-electron chi connectivity index (χ4n) is 3.32. The Kier molecular flexibility index (Phi) is 5.30. The van der Waals surface area contributed by atoms with Gasteiger partial charge in [-0.25, -0.2) is 4.68 Å². The Balaban J connectivity index is 1.44. The number of aromatic nitrogens is 4. The molecule has 8 heteroatoms. The van der Waals surface area contributed by atoms with Crippen molar-refractivity contribution in [2.24, 2.45) is 7.05 Å². The molecule has 2 saturated heterocycles. The second kappa shape index (κ2) is 7.41. The minimum Gasteiger partial charge on any atom is -0.341 e. The predicted octanol–water partition coefficient (Wildman–Crippen LogP) is 0.779. The van der Waals surface area contributed by atoms with Crippen LogP contribution in [0.4, 0.5) is 0 Å². The first-order chi connectivity index (χ1) is 10.7. The smallest absolute Gasteiger partial charge is 0.223 e. The Morgan fingerprint density at radius 2 is 2.09 bits per heavy atom. The molecule has 122 valence electrons. The molecule has 1 atom stereocenters. The van der Waals surface area contributed by atoms with E-state index in [1.54, 1.807) is 16.4 Å². The van der Waals surface area contributed by atoms with Gasteiger partial charge in [0.15, 0.2) is 0 Å². The number of carbonyl (C=O) groups excluding carboxylic acids is 1. The molecule has 3 heterocycles. The zero-order valence-corrected chi connectivity index (χ0v) is 14.0. The number of amides is 1. The topological polar surface area (TPSA) is 67.2 Å². The summed E-state index contributed by atoms with van der Waals surface area (Å²) in [6.07, 6.45) is 5.56. The molecule has 0 bridgehead atoms. The van der Waals surface area contributed by atoms with Gasteiger partial charge in [-0.05, 0) is 49.2 Å². The van der Waals surface area contributed by atoms with E-state index < -0.39 is 0 Å². The second-order valence-electron chi connectivity index (χ2n) is 6.06. The van der Waals surface area contributed by atoms with E-state index in [9.17, 15) is 4.79 Å². The third-order valence-electron chi connectivity index (χ3n) is 4.53. The Morgan fingerprint density at radius 1 is 1.27 bits per heavy atom. The van der Waals surface area contributed by atoms with Crippen molar-refractivity contribution < 1.29 is 4.79 Å². The minimum atomic E-state index is 0.270. The van der Waals surface area contributed by atoms with Crippen molar-refractivity contribution in [2.75, 3.05) is 31.9 Å². The molecule has 2 aliphatic heterocycles. The van der Waals surface area contributed by atoms with E-state index in [-0.39, 0.29) is 5.91 Å². The third-order valence-corrected chi connectivity index (χ3v) is 5.55. The van der Waals surface area contributed by atoms with Gasteiger partial charge in [0.1, 0.15) is 0 Å². The Hall–Kier alpha value is -1.15. The maximum Gasteiger partial charge on any atom is 0.223 e. The number of likely N-dealkylation sites (tertiary alicyclic amines) is 2. The van der Waals surface area contributed by atoms with Gasteiger partial charge in [-0.2, -0.15) is 0 Å². The number of piperidine rings is 1.